The predicted octanol–water partition coefficient (Wildman–Crippen LogP) is 3.88. The topological polar surface area (TPSA) is 109 Å². The van der Waals surface area contributed by atoms with E-state index in [-0.39, 0.29) is 25.0 Å². The highest BCUT2D eigenvalue weighted by Gasteiger charge is 2.35. The smallest absolute Gasteiger partial charge is 0.318 e. The Kier molecular flexibility index (Phi) is 9.08. The maximum Gasteiger partial charge on any atom is 0.318 e. The van der Waals surface area contributed by atoms with E-state index in [0.717, 1.165) is 70.9 Å². The van der Waals surface area contributed by atoms with Gasteiger partial charge in [-0.2, -0.15) is 15.2 Å². The first-order chi connectivity index (χ1) is 21.4. The molecule has 1 unspecified atom stereocenters. The lowest BCUT2D eigenvalue weighted by atomic mass is 10.0. The number of ether oxygens (including phenoxy) is 1. The number of amides is 1. The lowest BCUT2D eigenvalue weighted by molar-refractivity contribution is -0.138. The molecule has 10 nitrogen and oxygen atoms in total. The van der Waals surface area contributed by atoms with E-state index < -0.39 is 5.92 Å². The molecule has 4 heterocycles. The van der Waals surface area contributed by atoms with E-state index in [1.807, 2.05) is 12.1 Å². The Bertz CT molecular complexity index is 1560. The van der Waals surface area contributed by atoms with Gasteiger partial charge in [-0.1, -0.05) is 42.8 Å². The number of likely N-dealkylation sites (N-methyl/N-ethyl adjacent to an activating group) is 1. The molecule has 1 amide bonds. The molecule has 2 fully saturated rings. The minimum Gasteiger partial charge on any atom is -0.462 e. The van der Waals surface area contributed by atoms with Crippen LogP contribution in [0, 0.1) is 17.2 Å². The van der Waals surface area contributed by atoms with Crippen LogP contribution in [0.2, 0.25) is 5.02 Å². The third-order valence-corrected chi connectivity index (χ3v) is 9.67. The third kappa shape index (κ3) is 6.01. The van der Waals surface area contributed by atoms with Crippen molar-refractivity contribution in [1.29, 1.82) is 5.26 Å². The van der Waals surface area contributed by atoms with Gasteiger partial charge in [0.05, 0.1) is 48.3 Å². The molecule has 44 heavy (non-hydrogen) atoms. The molecular formula is C33H40ClN7O3. The van der Waals surface area contributed by atoms with Gasteiger partial charge < -0.3 is 29.4 Å². The zero-order valence-corrected chi connectivity index (χ0v) is 26.2. The second kappa shape index (κ2) is 13.1. The standard InChI is InChI=1S/C33H40ClN7O3/c1-22(20-42)32(43)41-17-16-40(18-24(41)11-13-35)31-26-12-15-39(29-10-4-7-23-6-3-9-27(34)30(23)29)19-28(26)36-33(37-31)44-21-25-8-5-14-38(25)2/h3-4,6-7,9-10,22,24-25,42H,5,8,11-12,14-21H2,1-2H3/t22?,24-,25-/m0/s1. The SMILES string of the molecule is CC(CO)C(=O)N1CCN(c2nc(OC[C@@H]3CCCN3C)nc3c2CCN(c2cccc4cccc(Cl)c24)C3)C[C@@H]1CC#N. The molecule has 0 bridgehead atoms. The van der Waals surface area contributed by atoms with E-state index in [9.17, 15) is 15.2 Å². The summed E-state index contributed by atoms with van der Waals surface area (Å²) < 4.78 is 6.29. The fourth-order valence-electron chi connectivity index (χ4n) is 6.80. The number of halogens is 1. The molecule has 1 N–H and O–H groups in total. The zero-order valence-electron chi connectivity index (χ0n) is 25.5. The minimum absolute atomic E-state index is 0.119. The van der Waals surface area contributed by atoms with Gasteiger partial charge in [0.15, 0.2) is 0 Å². The van der Waals surface area contributed by atoms with Crippen LogP contribution in [0.15, 0.2) is 36.4 Å². The van der Waals surface area contributed by atoms with Crippen molar-refractivity contribution in [3.8, 4) is 12.1 Å². The molecule has 232 valence electrons. The van der Waals surface area contributed by atoms with Gasteiger partial charge in [0.2, 0.25) is 5.91 Å². The van der Waals surface area contributed by atoms with Crippen molar-refractivity contribution >= 4 is 39.8 Å². The average molecular weight is 618 g/mol. The molecule has 0 spiro atoms. The molecular weight excluding hydrogens is 578 g/mol. The first-order valence-corrected chi connectivity index (χ1v) is 15.9. The quantitative estimate of drug-likeness (QED) is 0.403. The summed E-state index contributed by atoms with van der Waals surface area (Å²) in [6, 6.07) is 14.9. The first-order valence-electron chi connectivity index (χ1n) is 15.6. The van der Waals surface area contributed by atoms with E-state index in [1.54, 1.807) is 11.8 Å². The molecule has 3 atom stereocenters. The number of aliphatic hydroxyl groups excluding tert-OH is 1. The third-order valence-electron chi connectivity index (χ3n) is 9.36. The summed E-state index contributed by atoms with van der Waals surface area (Å²) in [6.45, 7) is 5.96. The van der Waals surface area contributed by atoms with E-state index >= 15 is 0 Å². The molecule has 2 aromatic carbocycles. The maximum atomic E-state index is 13.0. The fourth-order valence-corrected chi connectivity index (χ4v) is 7.08. The van der Waals surface area contributed by atoms with Gasteiger partial charge >= 0.3 is 6.01 Å². The number of anilines is 2. The van der Waals surface area contributed by atoms with Crippen LogP contribution in [-0.2, 0) is 17.8 Å². The Morgan fingerprint density at radius 2 is 1.95 bits per heavy atom. The van der Waals surface area contributed by atoms with Gasteiger partial charge in [-0.3, -0.25) is 4.79 Å². The van der Waals surface area contributed by atoms with Gasteiger partial charge in [-0.25, -0.2) is 0 Å². The number of benzene rings is 2. The van der Waals surface area contributed by atoms with Gasteiger partial charge in [0.25, 0.3) is 0 Å². The van der Waals surface area contributed by atoms with Crippen LogP contribution in [0.25, 0.3) is 10.8 Å². The summed E-state index contributed by atoms with van der Waals surface area (Å²) in [5, 5.41) is 22.1. The van der Waals surface area contributed by atoms with Crippen molar-refractivity contribution in [1.82, 2.24) is 19.8 Å². The summed E-state index contributed by atoms with van der Waals surface area (Å²) >= 11 is 6.70. The fraction of sp³-hybridized carbons (Fsp3) is 0.515. The van der Waals surface area contributed by atoms with Crippen LogP contribution in [-0.4, -0.2) is 95.9 Å². The van der Waals surface area contributed by atoms with E-state index in [2.05, 4.69) is 52.1 Å². The lowest BCUT2D eigenvalue weighted by Gasteiger charge is -2.43. The number of rotatable bonds is 8. The number of nitrogens with zero attached hydrogens (tertiary/aromatic N) is 7. The molecule has 1 aromatic heterocycles. The number of carbonyl (C=O) groups is 1. The summed E-state index contributed by atoms with van der Waals surface area (Å²) in [7, 11) is 2.13. The first kappa shape index (κ1) is 30.4. The highest BCUT2D eigenvalue weighted by Crippen LogP contribution is 2.37. The van der Waals surface area contributed by atoms with Crippen molar-refractivity contribution < 1.29 is 14.6 Å². The molecule has 3 aromatic rings. The van der Waals surface area contributed by atoms with Gasteiger partial charge in [-0.05, 0) is 50.4 Å². The van der Waals surface area contributed by atoms with E-state index in [1.165, 1.54) is 0 Å². The minimum atomic E-state index is -0.503. The molecule has 3 aliphatic heterocycles. The molecule has 0 radical (unpaired) electrons. The molecule has 2 saturated heterocycles. The Morgan fingerprint density at radius 1 is 1.14 bits per heavy atom. The predicted molar refractivity (Wildman–Crippen MR) is 171 cm³/mol. The van der Waals surface area contributed by atoms with Crippen LogP contribution in [0.1, 0.15) is 37.4 Å². The highest BCUT2D eigenvalue weighted by atomic mass is 35.5. The van der Waals surface area contributed by atoms with Crippen LogP contribution in [0.5, 0.6) is 6.01 Å². The number of nitriles is 1. The normalized spacial score (nSPS) is 21.3. The van der Waals surface area contributed by atoms with Crippen molar-refractivity contribution in [2.24, 2.45) is 5.92 Å². The molecule has 6 rings (SSSR count). The highest BCUT2D eigenvalue weighted by molar-refractivity contribution is 6.36. The Labute approximate surface area is 263 Å². The number of piperazine rings is 1. The zero-order chi connectivity index (χ0) is 30.8. The Morgan fingerprint density at radius 3 is 2.70 bits per heavy atom. The molecule has 0 aliphatic carbocycles. The van der Waals surface area contributed by atoms with Gasteiger partial charge in [0, 0.05) is 48.9 Å². The number of fused-ring (bicyclic) bond motifs is 2. The van der Waals surface area contributed by atoms with Crippen LogP contribution >= 0.6 is 11.6 Å². The Hall–Kier alpha value is -3.65. The number of aromatic nitrogens is 2. The second-order valence-electron chi connectivity index (χ2n) is 12.2. The largest absolute Gasteiger partial charge is 0.462 e. The number of hydrogen-bond acceptors (Lipinski definition) is 9. The lowest BCUT2D eigenvalue weighted by Crippen LogP contribution is -2.57. The monoisotopic (exact) mass is 617 g/mol. The average Bonchev–Trinajstić information content (AvgIpc) is 3.46. The van der Waals surface area contributed by atoms with Crippen LogP contribution in [0.4, 0.5) is 11.5 Å². The van der Waals surface area contributed by atoms with Crippen LogP contribution in [0.3, 0.4) is 0 Å². The Balaban J connectivity index is 1.33. The summed E-state index contributed by atoms with van der Waals surface area (Å²) in [5.74, 6) is 0.202. The van der Waals surface area contributed by atoms with Crippen LogP contribution < -0.4 is 14.5 Å². The number of likely N-dealkylation sites (tertiary alicyclic amines) is 1. The van der Waals surface area contributed by atoms with E-state index in [4.69, 9.17) is 26.3 Å². The van der Waals surface area contributed by atoms with Crippen molar-refractivity contribution in [2.75, 3.05) is 62.8 Å². The van der Waals surface area contributed by atoms with Gasteiger partial charge in [-0.15, -0.1) is 0 Å². The molecule has 3 aliphatic rings. The number of carbonyl (C=O) groups excluding carboxylic acids is 1. The summed E-state index contributed by atoms with van der Waals surface area (Å²) in [4.78, 5) is 31.6. The maximum absolute atomic E-state index is 13.0. The number of aliphatic hydroxyl groups is 1. The molecule has 11 heteroatoms. The van der Waals surface area contributed by atoms with E-state index in [0.29, 0.717) is 44.8 Å². The summed E-state index contributed by atoms with van der Waals surface area (Å²) in [6.07, 6.45) is 3.19. The van der Waals surface area contributed by atoms with Crippen molar-refractivity contribution in [2.45, 2.75) is 51.2 Å². The second-order valence-corrected chi connectivity index (χ2v) is 12.6. The summed E-state index contributed by atoms with van der Waals surface area (Å²) in [5.41, 5.74) is 3.08. The van der Waals surface area contributed by atoms with Gasteiger partial charge in [0.1, 0.15) is 12.4 Å². The molecule has 0 saturated carbocycles. The van der Waals surface area contributed by atoms with Crippen molar-refractivity contribution in [3.05, 3.63) is 52.7 Å². The van der Waals surface area contributed by atoms with Crippen molar-refractivity contribution in [3.63, 3.8) is 0 Å². The number of hydrogen-bond donors (Lipinski definition) is 1.